The van der Waals surface area contributed by atoms with Gasteiger partial charge in [-0.15, -0.1) is 0 Å². The van der Waals surface area contributed by atoms with Gasteiger partial charge in [0.2, 0.25) is 0 Å². The third-order valence-corrected chi connectivity index (χ3v) is 10.3. The van der Waals surface area contributed by atoms with Gasteiger partial charge >= 0.3 is 5.97 Å². The lowest BCUT2D eigenvalue weighted by molar-refractivity contribution is -0.127. The molecule has 0 radical (unpaired) electrons. The minimum atomic E-state index is -1.08. The molecule has 3 aromatic heterocycles. The molecule has 1 aromatic carbocycles. The predicted octanol–water partition coefficient (Wildman–Crippen LogP) is 8.39. The SMILES string of the molecule is COc1cc(Cl)c2nc(C34CCC(OCc5c(-c6c(Cl)cncc6Cl)noc5C5CC5)(CC3)CC4)ccc2c1C(=O)O. The summed E-state index contributed by atoms with van der Waals surface area (Å²) in [7, 11) is 1.43. The van der Waals surface area contributed by atoms with E-state index < -0.39 is 5.97 Å². The lowest BCUT2D eigenvalue weighted by Crippen LogP contribution is -2.50. The number of carbonyl (C=O) groups is 1. The molecule has 11 heteroatoms. The predicted molar refractivity (Wildman–Crippen MR) is 159 cm³/mol. The second-order valence-corrected chi connectivity index (χ2v) is 12.9. The average molecular weight is 629 g/mol. The number of ether oxygens (including phenoxy) is 2. The van der Waals surface area contributed by atoms with E-state index in [0.717, 1.165) is 68.4 Å². The average Bonchev–Trinajstić information content (AvgIpc) is 3.76. The highest BCUT2D eigenvalue weighted by atomic mass is 35.5. The highest BCUT2D eigenvalue weighted by molar-refractivity contribution is 6.39. The minimum absolute atomic E-state index is 0.0705. The fraction of sp³-hybridized carbons (Fsp3) is 0.419. The van der Waals surface area contributed by atoms with Crippen LogP contribution in [0.2, 0.25) is 15.1 Å². The molecule has 42 heavy (non-hydrogen) atoms. The summed E-state index contributed by atoms with van der Waals surface area (Å²) < 4.78 is 17.9. The van der Waals surface area contributed by atoms with Crippen molar-refractivity contribution in [3.05, 3.63) is 68.2 Å². The van der Waals surface area contributed by atoms with E-state index in [1.54, 1.807) is 12.4 Å². The molecule has 0 unspecified atom stereocenters. The van der Waals surface area contributed by atoms with E-state index in [1.165, 1.54) is 13.2 Å². The number of hydrogen-bond acceptors (Lipinski definition) is 7. The van der Waals surface area contributed by atoms with Gasteiger partial charge in [-0.25, -0.2) is 4.79 Å². The Balaban J connectivity index is 1.14. The van der Waals surface area contributed by atoms with Gasteiger partial charge in [0.05, 0.1) is 39.9 Å². The molecule has 0 spiro atoms. The van der Waals surface area contributed by atoms with Gasteiger partial charge in [0, 0.05) is 52.0 Å². The van der Waals surface area contributed by atoms with Crippen LogP contribution in [-0.4, -0.2) is 38.9 Å². The Kier molecular flexibility index (Phi) is 6.89. The van der Waals surface area contributed by atoms with E-state index >= 15 is 0 Å². The van der Waals surface area contributed by atoms with Gasteiger partial charge in [-0.05, 0) is 63.5 Å². The molecular formula is C31H28Cl3N3O5. The molecule has 2 bridgehead atoms. The third-order valence-electron chi connectivity index (χ3n) is 9.43. The van der Waals surface area contributed by atoms with Crippen LogP contribution >= 0.6 is 34.8 Å². The number of pyridine rings is 2. The first-order chi connectivity index (χ1) is 20.2. The summed E-state index contributed by atoms with van der Waals surface area (Å²) in [6.45, 7) is 0.371. The number of rotatable bonds is 8. The highest BCUT2D eigenvalue weighted by Crippen LogP contribution is 2.56. The lowest BCUT2D eigenvalue weighted by atomic mass is 9.57. The molecule has 0 aliphatic heterocycles. The van der Waals surface area contributed by atoms with Gasteiger partial charge in [0.25, 0.3) is 0 Å². The van der Waals surface area contributed by atoms with E-state index in [1.807, 2.05) is 12.1 Å². The Bertz CT molecular complexity index is 1690. The first kappa shape index (κ1) is 27.9. The quantitative estimate of drug-likeness (QED) is 0.207. The molecule has 3 heterocycles. The summed E-state index contributed by atoms with van der Waals surface area (Å²) in [4.78, 5) is 21.0. The summed E-state index contributed by atoms with van der Waals surface area (Å²) in [5.41, 5.74) is 3.32. The van der Waals surface area contributed by atoms with Gasteiger partial charge < -0.3 is 19.1 Å². The van der Waals surface area contributed by atoms with Crippen LogP contribution in [0.15, 0.2) is 35.1 Å². The van der Waals surface area contributed by atoms with E-state index in [-0.39, 0.29) is 22.3 Å². The molecule has 8 rings (SSSR count). The topological polar surface area (TPSA) is 108 Å². The zero-order valence-electron chi connectivity index (χ0n) is 22.9. The monoisotopic (exact) mass is 627 g/mol. The summed E-state index contributed by atoms with van der Waals surface area (Å²) >= 11 is 19.5. The van der Waals surface area contributed by atoms with Crippen LogP contribution < -0.4 is 4.74 Å². The Labute approximate surface area is 257 Å². The number of aromatic carboxylic acids is 1. The van der Waals surface area contributed by atoms with Crippen LogP contribution in [0.25, 0.3) is 22.2 Å². The smallest absolute Gasteiger partial charge is 0.340 e. The molecule has 0 atom stereocenters. The molecule has 8 nitrogen and oxygen atoms in total. The maximum Gasteiger partial charge on any atom is 0.340 e. The summed E-state index contributed by atoms with van der Waals surface area (Å²) in [6, 6.07) is 5.31. The molecule has 4 aromatic rings. The Morgan fingerprint density at radius 2 is 1.74 bits per heavy atom. The number of methoxy groups -OCH3 is 1. The summed E-state index contributed by atoms with van der Waals surface area (Å²) in [5.74, 6) is 0.354. The number of benzene rings is 1. The molecule has 1 N–H and O–H groups in total. The maximum atomic E-state index is 12.0. The van der Waals surface area contributed by atoms with Crippen LogP contribution in [0, 0.1) is 0 Å². The fourth-order valence-corrected chi connectivity index (χ4v) is 7.63. The number of hydrogen-bond donors (Lipinski definition) is 1. The van der Waals surface area contributed by atoms with E-state index in [0.29, 0.717) is 49.8 Å². The molecule has 4 aliphatic rings. The number of carboxylic acids is 1. The highest BCUT2D eigenvalue weighted by Gasteiger charge is 2.51. The van der Waals surface area contributed by atoms with Crippen molar-refractivity contribution < 1.29 is 23.9 Å². The molecule has 0 saturated heterocycles. The van der Waals surface area contributed by atoms with Crippen LogP contribution in [0.1, 0.15) is 84.7 Å². The zero-order valence-corrected chi connectivity index (χ0v) is 25.2. The molecule has 0 amide bonds. The van der Waals surface area contributed by atoms with Crippen molar-refractivity contribution in [1.82, 2.24) is 15.1 Å². The first-order valence-electron chi connectivity index (χ1n) is 14.1. The van der Waals surface area contributed by atoms with Gasteiger partial charge in [0.15, 0.2) is 0 Å². The second kappa shape index (κ2) is 10.4. The van der Waals surface area contributed by atoms with Crippen LogP contribution in [0.4, 0.5) is 0 Å². The Morgan fingerprint density at radius 3 is 2.36 bits per heavy atom. The van der Waals surface area contributed by atoms with Gasteiger partial charge in [0.1, 0.15) is 22.8 Å². The van der Waals surface area contributed by atoms with Crippen molar-refractivity contribution in [2.45, 2.75) is 74.9 Å². The largest absolute Gasteiger partial charge is 0.496 e. The van der Waals surface area contributed by atoms with Crippen molar-refractivity contribution >= 4 is 51.7 Å². The summed E-state index contributed by atoms with van der Waals surface area (Å²) in [6.07, 6.45) is 10.7. The summed E-state index contributed by atoms with van der Waals surface area (Å²) in [5, 5.41) is 15.9. The minimum Gasteiger partial charge on any atom is -0.496 e. The number of aromatic nitrogens is 3. The van der Waals surface area contributed by atoms with Crippen molar-refractivity contribution in [2.24, 2.45) is 0 Å². The first-order valence-corrected chi connectivity index (χ1v) is 15.2. The molecule has 218 valence electrons. The van der Waals surface area contributed by atoms with Gasteiger partial charge in [-0.3, -0.25) is 9.97 Å². The number of nitrogens with zero attached hydrogens (tertiary/aromatic N) is 3. The van der Waals surface area contributed by atoms with Gasteiger partial charge in [-0.2, -0.15) is 0 Å². The normalized spacial score (nSPS) is 23.4. The van der Waals surface area contributed by atoms with Crippen LogP contribution in [-0.2, 0) is 16.8 Å². The van der Waals surface area contributed by atoms with Crippen molar-refractivity contribution in [3.8, 4) is 17.0 Å². The van der Waals surface area contributed by atoms with Crippen molar-refractivity contribution in [3.63, 3.8) is 0 Å². The number of carboxylic acid groups (broad SMARTS) is 1. The number of fused-ring (bicyclic) bond motifs is 4. The second-order valence-electron chi connectivity index (χ2n) is 11.7. The lowest BCUT2D eigenvalue weighted by Gasteiger charge is -2.53. The van der Waals surface area contributed by atoms with Crippen molar-refractivity contribution in [2.75, 3.05) is 7.11 Å². The molecule has 4 fully saturated rings. The molecular weight excluding hydrogens is 601 g/mol. The van der Waals surface area contributed by atoms with E-state index in [2.05, 4.69) is 10.1 Å². The Morgan fingerprint density at radius 1 is 1.05 bits per heavy atom. The Hall–Kier alpha value is -2.91. The zero-order chi connectivity index (χ0) is 29.2. The maximum absolute atomic E-state index is 12.0. The number of halogens is 3. The van der Waals surface area contributed by atoms with Crippen molar-refractivity contribution in [1.29, 1.82) is 0 Å². The standard InChI is InChI=1S/C31H28Cl3N3O5/c1-40-22-12-19(32)26-17(24(22)29(38)39)4-5-23(36-26)30-6-9-31(10-7-30,11-8-30)41-15-18-27(37-42-28(18)16-2-3-16)25-20(33)13-35-14-21(25)34/h4-5,12-14,16H,2-3,6-11,15H2,1H3,(H,38,39). The molecule has 4 saturated carbocycles. The van der Waals surface area contributed by atoms with Crippen LogP contribution in [0.3, 0.4) is 0 Å². The van der Waals surface area contributed by atoms with E-state index in [9.17, 15) is 9.90 Å². The molecule has 4 aliphatic carbocycles. The van der Waals surface area contributed by atoms with Crippen LogP contribution in [0.5, 0.6) is 5.75 Å². The third kappa shape index (κ3) is 4.55. The van der Waals surface area contributed by atoms with Gasteiger partial charge in [-0.1, -0.05) is 40.0 Å². The van der Waals surface area contributed by atoms with E-state index in [4.69, 9.17) is 53.8 Å². The fourth-order valence-electron chi connectivity index (χ4n) is 6.85.